The number of nitrogens with zero attached hydrogens (tertiary/aromatic N) is 2. The Bertz CT molecular complexity index is 626. The lowest BCUT2D eigenvalue weighted by molar-refractivity contribution is 0.154. The fourth-order valence-electron chi connectivity index (χ4n) is 2.82. The average molecular weight is 306 g/mol. The number of rotatable bonds is 4. The van der Waals surface area contributed by atoms with Crippen LogP contribution in [-0.2, 0) is 6.54 Å². The second-order valence-electron chi connectivity index (χ2n) is 5.40. The van der Waals surface area contributed by atoms with Gasteiger partial charge in [0, 0.05) is 41.4 Å². The molecule has 1 aliphatic heterocycles. The van der Waals surface area contributed by atoms with Crippen molar-refractivity contribution in [1.82, 2.24) is 15.1 Å². The van der Waals surface area contributed by atoms with Crippen LogP contribution in [0.3, 0.4) is 0 Å². The van der Waals surface area contributed by atoms with E-state index in [1.54, 1.807) is 0 Å². The minimum absolute atomic E-state index is 0.0294. The second-order valence-corrected chi connectivity index (χ2v) is 5.84. The Morgan fingerprint density at radius 2 is 2.33 bits per heavy atom. The molecular formula is C16H20ClN3O. The van der Waals surface area contributed by atoms with Crippen molar-refractivity contribution in [3.8, 4) is 5.75 Å². The zero-order valence-electron chi connectivity index (χ0n) is 12.3. The molecule has 0 saturated carbocycles. The summed E-state index contributed by atoms with van der Waals surface area (Å²) in [5.74, 6) is 0.901. The quantitative estimate of drug-likeness (QED) is 0.935. The molecule has 0 fully saturated rings. The molecule has 0 radical (unpaired) electrons. The van der Waals surface area contributed by atoms with E-state index < -0.39 is 0 Å². The maximum atomic E-state index is 6.14. The molecule has 5 heteroatoms. The predicted octanol–water partition coefficient (Wildman–Crippen LogP) is 3.73. The highest BCUT2D eigenvalue weighted by Crippen LogP contribution is 2.41. The minimum Gasteiger partial charge on any atom is -0.485 e. The van der Waals surface area contributed by atoms with Gasteiger partial charge in [-0.3, -0.25) is 4.68 Å². The highest BCUT2D eigenvalue weighted by molar-refractivity contribution is 6.30. The monoisotopic (exact) mass is 305 g/mol. The maximum Gasteiger partial charge on any atom is 0.129 e. The van der Waals surface area contributed by atoms with E-state index in [9.17, 15) is 0 Å². The fraction of sp³-hybridized carbons (Fsp3) is 0.438. The highest BCUT2D eigenvalue weighted by Gasteiger charge is 2.29. The first-order chi connectivity index (χ1) is 10.2. The summed E-state index contributed by atoms with van der Waals surface area (Å²) in [7, 11) is 1.97. The summed E-state index contributed by atoms with van der Waals surface area (Å²) < 4.78 is 8.12. The molecule has 1 N–H and O–H groups in total. The van der Waals surface area contributed by atoms with Crippen LogP contribution in [0.4, 0.5) is 0 Å². The third-order valence-electron chi connectivity index (χ3n) is 3.89. The molecular weight excluding hydrogens is 286 g/mol. The van der Waals surface area contributed by atoms with Gasteiger partial charge in [-0.2, -0.15) is 5.10 Å². The number of fused-ring (bicyclic) bond motifs is 1. The highest BCUT2D eigenvalue weighted by atomic mass is 35.5. The molecule has 2 heterocycles. The van der Waals surface area contributed by atoms with E-state index in [-0.39, 0.29) is 12.1 Å². The van der Waals surface area contributed by atoms with Crippen LogP contribution in [0.2, 0.25) is 5.02 Å². The third-order valence-corrected chi connectivity index (χ3v) is 4.13. The van der Waals surface area contributed by atoms with Gasteiger partial charge < -0.3 is 10.1 Å². The van der Waals surface area contributed by atoms with E-state index in [0.717, 1.165) is 41.3 Å². The molecule has 112 valence electrons. The molecule has 1 aromatic carbocycles. The molecule has 0 spiro atoms. The Morgan fingerprint density at radius 1 is 1.48 bits per heavy atom. The average Bonchev–Trinajstić information content (AvgIpc) is 2.95. The number of nitrogens with one attached hydrogen (secondary N) is 1. The lowest BCUT2D eigenvalue weighted by atomic mass is 9.94. The summed E-state index contributed by atoms with van der Waals surface area (Å²) >= 11 is 6.09. The zero-order valence-corrected chi connectivity index (χ0v) is 13.1. The van der Waals surface area contributed by atoms with Gasteiger partial charge in [-0.15, -0.1) is 0 Å². The van der Waals surface area contributed by atoms with Crippen molar-refractivity contribution in [2.75, 3.05) is 7.05 Å². The van der Waals surface area contributed by atoms with Crippen molar-refractivity contribution in [2.24, 2.45) is 0 Å². The molecule has 1 aliphatic rings. The number of hydrogen-bond donors (Lipinski definition) is 1. The first-order valence-corrected chi connectivity index (χ1v) is 7.74. The first kappa shape index (κ1) is 14.4. The summed E-state index contributed by atoms with van der Waals surface area (Å²) in [6, 6.07) is 6.04. The van der Waals surface area contributed by atoms with Crippen LogP contribution in [0.5, 0.6) is 5.75 Å². The number of halogens is 1. The molecule has 2 aromatic rings. The minimum atomic E-state index is 0.0294. The molecule has 2 unspecified atom stereocenters. The van der Waals surface area contributed by atoms with Crippen molar-refractivity contribution in [3.63, 3.8) is 0 Å². The molecule has 1 aromatic heterocycles. The summed E-state index contributed by atoms with van der Waals surface area (Å²) in [6.45, 7) is 3.09. The molecule has 0 bridgehead atoms. The van der Waals surface area contributed by atoms with Crippen LogP contribution >= 0.6 is 11.6 Å². The van der Waals surface area contributed by atoms with E-state index in [1.807, 2.05) is 36.1 Å². The lowest BCUT2D eigenvalue weighted by Crippen LogP contribution is -2.26. The largest absolute Gasteiger partial charge is 0.485 e. The van der Waals surface area contributed by atoms with Gasteiger partial charge in [0.15, 0.2) is 0 Å². The maximum absolute atomic E-state index is 6.14. The van der Waals surface area contributed by atoms with Gasteiger partial charge in [-0.1, -0.05) is 18.5 Å². The lowest BCUT2D eigenvalue weighted by Gasteiger charge is -2.31. The Kier molecular flexibility index (Phi) is 4.17. The SMILES string of the molecule is CCCn1cc(C2CC(NC)c3cc(Cl)ccc3O2)cn1. The van der Waals surface area contributed by atoms with Crippen LogP contribution in [0.25, 0.3) is 0 Å². The van der Waals surface area contributed by atoms with Crippen LogP contribution < -0.4 is 10.1 Å². The summed E-state index contributed by atoms with van der Waals surface area (Å²) in [5, 5.41) is 8.49. The second kappa shape index (κ2) is 6.08. The Hall–Kier alpha value is -1.52. The topological polar surface area (TPSA) is 39.1 Å². The molecule has 0 amide bonds. The third kappa shape index (κ3) is 2.92. The Morgan fingerprint density at radius 3 is 3.10 bits per heavy atom. The molecule has 2 atom stereocenters. The van der Waals surface area contributed by atoms with Crippen LogP contribution in [-0.4, -0.2) is 16.8 Å². The Balaban J connectivity index is 1.87. The Labute approximate surface area is 130 Å². The fourth-order valence-corrected chi connectivity index (χ4v) is 3.00. The number of aryl methyl sites for hydroxylation is 1. The van der Waals surface area contributed by atoms with Gasteiger partial charge in [-0.25, -0.2) is 0 Å². The number of hydrogen-bond acceptors (Lipinski definition) is 3. The number of aromatic nitrogens is 2. The number of benzene rings is 1. The molecule has 4 nitrogen and oxygen atoms in total. The van der Waals surface area contributed by atoms with Gasteiger partial charge in [0.25, 0.3) is 0 Å². The van der Waals surface area contributed by atoms with Crippen molar-refractivity contribution < 1.29 is 4.74 Å². The van der Waals surface area contributed by atoms with Gasteiger partial charge in [0.2, 0.25) is 0 Å². The van der Waals surface area contributed by atoms with Crippen molar-refractivity contribution in [3.05, 3.63) is 46.7 Å². The van der Waals surface area contributed by atoms with Gasteiger partial charge in [-0.05, 0) is 31.7 Å². The standard InChI is InChI=1S/C16H20ClN3O/c1-3-6-20-10-11(9-19-20)16-8-14(18-2)13-7-12(17)4-5-15(13)21-16/h4-5,7,9-10,14,16,18H,3,6,8H2,1-2H3. The molecule has 0 saturated heterocycles. The van der Waals surface area contributed by atoms with Crippen LogP contribution in [0.1, 0.15) is 43.0 Å². The summed E-state index contributed by atoms with van der Waals surface area (Å²) in [6.07, 6.45) is 5.98. The smallest absolute Gasteiger partial charge is 0.129 e. The molecule has 21 heavy (non-hydrogen) atoms. The van der Waals surface area contributed by atoms with E-state index in [0.29, 0.717) is 0 Å². The van der Waals surface area contributed by atoms with Crippen molar-refractivity contribution in [1.29, 1.82) is 0 Å². The molecule has 3 rings (SSSR count). The van der Waals surface area contributed by atoms with E-state index in [1.165, 1.54) is 0 Å². The summed E-state index contributed by atoms with van der Waals surface area (Å²) in [5.41, 5.74) is 2.26. The van der Waals surface area contributed by atoms with Crippen LogP contribution in [0.15, 0.2) is 30.6 Å². The van der Waals surface area contributed by atoms with Gasteiger partial charge >= 0.3 is 0 Å². The number of ether oxygens (including phenoxy) is 1. The first-order valence-electron chi connectivity index (χ1n) is 7.37. The van der Waals surface area contributed by atoms with E-state index >= 15 is 0 Å². The van der Waals surface area contributed by atoms with E-state index in [2.05, 4.69) is 23.5 Å². The van der Waals surface area contributed by atoms with Gasteiger partial charge in [0.1, 0.15) is 11.9 Å². The van der Waals surface area contributed by atoms with E-state index in [4.69, 9.17) is 16.3 Å². The van der Waals surface area contributed by atoms with Crippen molar-refractivity contribution in [2.45, 2.75) is 38.5 Å². The molecule has 0 aliphatic carbocycles. The normalized spacial score (nSPS) is 20.9. The van der Waals surface area contributed by atoms with Crippen molar-refractivity contribution >= 4 is 11.6 Å². The summed E-state index contributed by atoms with van der Waals surface area (Å²) in [4.78, 5) is 0. The van der Waals surface area contributed by atoms with Crippen LogP contribution in [0, 0.1) is 0 Å². The zero-order chi connectivity index (χ0) is 14.8. The van der Waals surface area contributed by atoms with Gasteiger partial charge in [0.05, 0.1) is 6.20 Å². The predicted molar refractivity (Wildman–Crippen MR) is 83.8 cm³/mol.